The van der Waals surface area contributed by atoms with E-state index < -0.39 is 0 Å². The summed E-state index contributed by atoms with van der Waals surface area (Å²) in [6.07, 6.45) is 4.13. The van der Waals surface area contributed by atoms with Gasteiger partial charge in [-0.3, -0.25) is 4.90 Å². The minimum absolute atomic E-state index is 0.367. The third-order valence-electron chi connectivity index (χ3n) is 3.89. The summed E-state index contributed by atoms with van der Waals surface area (Å²) in [6, 6.07) is 0. The van der Waals surface area contributed by atoms with Crippen LogP contribution in [0, 0.1) is 11.8 Å². The normalized spacial score (nSPS) is 30.6. The maximum atomic E-state index is 2.66. The molecule has 84 valence electrons. The van der Waals surface area contributed by atoms with Crippen LogP contribution in [0.1, 0.15) is 53.9 Å². The Morgan fingerprint density at radius 2 is 1.64 bits per heavy atom. The monoisotopic (exact) mass is 197 g/mol. The molecule has 1 nitrogen and oxygen atoms in total. The van der Waals surface area contributed by atoms with Gasteiger partial charge in [0.05, 0.1) is 0 Å². The van der Waals surface area contributed by atoms with Gasteiger partial charge in [-0.2, -0.15) is 0 Å². The lowest BCUT2D eigenvalue weighted by atomic mass is 9.80. The van der Waals surface area contributed by atoms with Crippen molar-refractivity contribution < 1.29 is 0 Å². The topological polar surface area (TPSA) is 3.24 Å². The van der Waals surface area contributed by atoms with Crippen LogP contribution in [0.5, 0.6) is 0 Å². The van der Waals surface area contributed by atoms with E-state index in [2.05, 4.69) is 39.5 Å². The summed E-state index contributed by atoms with van der Waals surface area (Å²) < 4.78 is 0. The summed E-state index contributed by atoms with van der Waals surface area (Å²) in [6.45, 7) is 14.3. The van der Waals surface area contributed by atoms with Gasteiger partial charge in [0.1, 0.15) is 0 Å². The van der Waals surface area contributed by atoms with Crippen LogP contribution in [-0.4, -0.2) is 23.5 Å². The van der Waals surface area contributed by atoms with Crippen LogP contribution < -0.4 is 0 Å². The van der Waals surface area contributed by atoms with Gasteiger partial charge in [-0.1, -0.05) is 26.7 Å². The predicted octanol–water partition coefficient (Wildman–Crippen LogP) is 3.54. The average Bonchev–Trinajstić information content (AvgIpc) is 2.15. The molecule has 0 aromatic rings. The lowest BCUT2D eigenvalue weighted by molar-refractivity contribution is 0.0438. The maximum absolute atomic E-state index is 2.66. The Bertz CT molecular complexity index is 169. The fourth-order valence-electron chi connectivity index (χ4n) is 2.69. The number of hydrogen-bond acceptors (Lipinski definition) is 1. The Hall–Kier alpha value is -0.0400. The van der Waals surface area contributed by atoms with Gasteiger partial charge in [-0.15, -0.1) is 0 Å². The average molecular weight is 197 g/mol. The Morgan fingerprint density at radius 3 is 2.07 bits per heavy atom. The van der Waals surface area contributed by atoms with Crippen molar-refractivity contribution in [1.29, 1.82) is 0 Å². The Kier molecular flexibility index (Phi) is 4.00. The Balaban J connectivity index is 2.57. The minimum atomic E-state index is 0.367. The highest BCUT2D eigenvalue weighted by molar-refractivity contribution is 4.85. The molecule has 0 saturated carbocycles. The molecule has 0 radical (unpaired) electrons. The molecule has 2 atom stereocenters. The molecule has 0 amide bonds. The molecule has 0 aromatic carbocycles. The second kappa shape index (κ2) is 4.65. The number of nitrogens with zero attached hydrogens (tertiary/aromatic N) is 1. The summed E-state index contributed by atoms with van der Waals surface area (Å²) in [4.78, 5) is 2.66. The molecule has 0 aliphatic carbocycles. The standard InChI is InChI=1S/C13H27N/c1-6-11-8-9-14(13(3,4)5)10-12(11)7-2/h11-12H,6-10H2,1-5H3. The van der Waals surface area contributed by atoms with E-state index in [1.54, 1.807) is 0 Å². The van der Waals surface area contributed by atoms with E-state index in [0.29, 0.717) is 5.54 Å². The van der Waals surface area contributed by atoms with Crippen molar-refractivity contribution >= 4 is 0 Å². The van der Waals surface area contributed by atoms with Gasteiger partial charge in [0.15, 0.2) is 0 Å². The first-order valence-corrected chi connectivity index (χ1v) is 6.24. The third-order valence-corrected chi connectivity index (χ3v) is 3.89. The van der Waals surface area contributed by atoms with Crippen molar-refractivity contribution in [2.45, 2.75) is 59.4 Å². The van der Waals surface area contributed by atoms with Crippen molar-refractivity contribution in [2.24, 2.45) is 11.8 Å². The molecule has 1 aliphatic rings. The van der Waals surface area contributed by atoms with Crippen LogP contribution in [0.4, 0.5) is 0 Å². The van der Waals surface area contributed by atoms with Crippen LogP contribution in [0.25, 0.3) is 0 Å². The molecule has 0 N–H and O–H groups in total. The molecule has 0 spiro atoms. The molecular formula is C13H27N. The molecule has 1 fully saturated rings. The highest BCUT2D eigenvalue weighted by atomic mass is 15.2. The van der Waals surface area contributed by atoms with Gasteiger partial charge >= 0.3 is 0 Å². The zero-order valence-electron chi connectivity index (χ0n) is 10.6. The molecule has 1 heteroatoms. The zero-order valence-corrected chi connectivity index (χ0v) is 10.6. The quantitative estimate of drug-likeness (QED) is 0.654. The second-order valence-electron chi connectivity index (χ2n) is 5.74. The van der Waals surface area contributed by atoms with E-state index in [0.717, 1.165) is 11.8 Å². The lowest BCUT2D eigenvalue weighted by Crippen LogP contribution is -2.49. The maximum Gasteiger partial charge on any atom is 0.0125 e. The molecule has 14 heavy (non-hydrogen) atoms. The summed E-state index contributed by atoms with van der Waals surface area (Å²) in [5.74, 6) is 1.92. The Morgan fingerprint density at radius 1 is 1.07 bits per heavy atom. The SMILES string of the molecule is CCC1CCN(C(C)(C)C)CC1CC. The van der Waals surface area contributed by atoms with Crippen molar-refractivity contribution in [2.75, 3.05) is 13.1 Å². The summed E-state index contributed by atoms with van der Waals surface area (Å²) in [5.41, 5.74) is 0.367. The predicted molar refractivity (Wildman–Crippen MR) is 63.5 cm³/mol. The second-order valence-corrected chi connectivity index (χ2v) is 5.74. The first kappa shape index (κ1) is 12.0. The van der Waals surface area contributed by atoms with Crippen molar-refractivity contribution in [3.8, 4) is 0 Å². The van der Waals surface area contributed by atoms with Gasteiger partial charge in [-0.05, 0) is 45.6 Å². The van der Waals surface area contributed by atoms with E-state index in [1.807, 2.05) is 0 Å². The van der Waals surface area contributed by atoms with E-state index >= 15 is 0 Å². The number of rotatable bonds is 2. The fraction of sp³-hybridized carbons (Fsp3) is 1.00. The molecule has 0 aromatic heterocycles. The van der Waals surface area contributed by atoms with E-state index in [1.165, 1.54) is 32.4 Å². The molecule has 2 unspecified atom stereocenters. The number of piperidine rings is 1. The highest BCUT2D eigenvalue weighted by Crippen LogP contribution is 2.31. The number of hydrogen-bond donors (Lipinski definition) is 0. The molecular weight excluding hydrogens is 170 g/mol. The van der Waals surface area contributed by atoms with Crippen LogP contribution in [0.15, 0.2) is 0 Å². The first-order chi connectivity index (χ1) is 6.49. The molecule has 1 aliphatic heterocycles. The van der Waals surface area contributed by atoms with E-state index in [-0.39, 0.29) is 0 Å². The fourth-order valence-corrected chi connectivity index (χ4v) is 2.69. The van der Waals surface area contributed by atoms with Crippen LogP contribution in [0.3, 0.4) is 0 Å². The van der Waals surface area contributed by atoms with Gasteiger partial charge in [0, 0.05) is 12.1 Å². The first-order valence-electron chi connectivity index (χ1n) is 6.24. The number of likely N-dealkylation sites (tertiary alicyclic amines) is 1. The van der Waals surface area contributed by atoms with Crippen molar-refractivity contribution in [3.05, 3.63) is 0 Å². The molecule has 1 heterocycles. The summed E-state index contributed by atoms with van der Waals surface area (Å²) in [5, 5.41) is 0. The zero-order chi connectivity index (χ0) is 10.8. The summed E-state index contributed by atoms with van der Waals surface area (Å²) in [7, 11) is 0. The van der Waals surface area contributed by atoms with Gasteiger partial charge in [0.25, 0.3) is 0 Å². The third kappa shape index (κ3) is 2.73. The molecule has 1 rings (SSSR count). The smallest absolute Gasteiger partial charge is 0.0125 e. The van der Waals surface area contributed by atoms with E-state index in [9.17, 15) is 0 Å². The van der Waals surface area contributed by atoms with Crippen LogP contribution in [-0.2, 0) is 0 Å². The Labute approximate surface area is 89.9 Å². The largest absolute Gasteiger partial charge is 0.298 e. The van der Waals surface area contributed by atoms with Gasteiger partial charge < -0.3 is 0 Å². The molecule has 1 saturated heterocycles. The summed E-state index contributed by atoms with van der Waals surface area (Å²) >= 11 is 0. The van der Waals surface area contributed by atoms with Crippen molar-refractivity contribution in [3.63, 3.8) is 0 Å². The van der Waals surface area contributed by atoms with Crippen molar-refractivity contribution in [1.82, 2.24) is 4.90 Å². The highest BCUT2D eigenvalue weighted by Gasteiger charge is 2.31. The van der Waals surface area contributed by atoms with E-state index in [4.69, 9.17) is 0 Å². The lowest BCUT2D eigenvalue weighted by Gasteiger charge is -2.44. The minimum Gasteiger partial charge on any atom is -0.298 e. The molecule has 0 bridgehead atoms. The van der Waals surface area contributed by atoms with Gasteiger partial charge in [0.2, 0.25) is 0 Å². The van der Waals surface area contributed by atoms with Crippen LogP contribution >= 0.6 is 0 Å². The van der Waals surface area contributed by atoms with Gasteiger partial charge in [-0.25, -0.2) is 0 Å². The van der Waals surface area contributed by atoms with Crippen LogP contribution in [0.2, 0.25) is 0 Å².